The highest BCUT2D eigenvalue weighted by Crippen LogP contribution is 2.41. The molecule has 5 aliphatic heterocycles. The maximum Gasteiger partial charge on any atom is 0.257 e. The second-order valence-corrected chi connectivity index (χ2v) is 18.7. The Balaban J connectivity index is 0.789. The van der Waals surface area contributed by atoms with Crippen molar-refractivity contribution in [1.29, 1.82) is 0 Å². The lowest BCUT2D eigenvalue weighted by Crippen LogP contribution is -2.35. The van der Waals surface area contributed by atoms with Gasteiger partial charge < -0.3 is 58.3 Å². The van der Waals surface area contributed by atoms with Gasteiger partial charge in [-0.15, -0.1) is 0 Å². The molecule has 0 aromatic heterocycles. The van der Waals surface area contributed by atoms with E-state index >= 15 is 0 Å². The first-order valence-electron chi connectivity index (χ1n) is 25.6. The largest absolute Gasteiger partial charge is 0.493 e. The minimum absolute atomic E-state index is 0.0180. The summed E-state index contributed by atoms with van der Waals surface area (Å²) in [4.78, 5) is 88.7. The van der Waals surface area contributed by atoms with Gasteiger partial charge in [-0.05, 0) is 54.3 Å². The fraction of sp³-hybridized carbons (Fsp3) is 0.404. The molecule has 0 aliphatic carbocycles. The molecule has 78 heavy (non-hydrogen) atoms. The molecule has 21 nitrogen and oxygen atoms in total. The average Bonchev–Trinajstić information content (AvgIpc) is 4.09. The van der Waals surface area contributed by atoms with Crippen molar-refractivity contribution in [3.8, 4) is 34.8 Å². The van der Waals surface area contributed by atoms with Crippen molar-refractivity contribution in [2.75, 3.05) is 99.8 Å². The summed E-state index contributed by atoms with van der Waals surface area (Å²) in [7, 11) is 3.03. The van der Waals surface area contributed by atoms with Crippen LogP contribution < -0.4 is 29.6 Å². The molecule has 2 saturated heterocycles. The number of carbonyl (C=O) groups excluding carboxylic acids is 6. The van der Waals surface area contributed by atoms with Crippen LogP contribution in [0.4, 0.5) is 11.4 Å². The van der Waals surface area contributed by atoms with E-state index < -0.39 is 11.8 Å². The summed E-state index contributed by atoms with van der Waals surface area (Å²) in [5, 5.41) is 5.49. The summed E-state index contributed by atoms with van der Waals surface area (Å²) in [6, 6.07) is 12.1. The number of ether oxygens (including phenoxy) is 8. The number of imide groups is 1. The van der Waals surface area contributed by atoms with Crippen molar-refractivity contribution in [3.63, 3.8) is 0 Å². The van der Waals surface area contributed by atoms with Gasteiger partial charge in [-0.1, -0.05) is 36.1 Å². The Kier molecular flexibility index (Phi) is 19.6. The zero-order chi connectivity index (χ0) is 55.0. The molecule has 6 amide bonds. The van der Waals surface area contributed by atoms with Crippen molar-refractivity contribution < 1.29 is 66.7 Å². The SMILES string of the molecule is C=C1C[C@H]2C=Nc3cc(OCc4cc(C#CCNC(=O)CCOCCOCCOCCOCCNC(=O)CCN5C(=O)C=CC5=O)cc(COc5cc6c(cc5OC)C(=O)N5CC(=C)C[C@H]5C=N6)c4)c(OC)cc3C(=O)N2C1. The van der Waals surface area contributed by atoms with E-state index in [2.05, 4.69) is 45.6 Å². The third-order valence-corrected chi connectivity index (χ3v) is 13.0. The Morgan fingerprint density at radius 2 is 1.10 bits per heavy atom. The van der Waals surface area contributed by atoms with Crippen molar-refractivity contribution in [2.45, 2.75) is 51.0 Å². The Labute approximate surface area is 452 Å². The summed E-state index contributed by atoms with van der Waals surface area (Å²) in [6.45, 7) is 12.1. The number of benzene rings is 3. The second-order valence-electron chi connectivity index (χ2n) is 18.7. The zero-order valence-electron chi connectivity index (χ0n) is 43.8. The molecule has 0 unspecified atom stereocenters. The molecular weight excluding hydrogens is 1010 g/mol. The van der Waals surface area contributed by atoms with E-state index in [0.29, 0.717) is 117 Å². The van der Waals surface area contributed by atoms with Crippen LogP contribution in [0.5, 0.6) is 23.0 Å². The number of hydrogen-bond acceptors (Lipinski definition) is 16. The molecule has 5 aliphatic rings. The fourth-order valence-electron chi connectivity index (χ4n) is 9.05. The highest BCUT2D eigenvalue weighted by atomic mass is 16.6. The number of aliphatic imine (C=N–C) groups is 2. The van der Waals surface area contributed by atoms with Crippen LogP contribution in [-0.2, 0) is 51.3 Å². The number of methoxy groups -OCH3 is 2. The molecule has 2 N–H and O–H groups in total. The van der Waals surface area contributed by atoms with Gasteiger partial charge in [-0.25, -0.2) is 0 Å². The minimum Gasteiger partial charge on any atom is -0.493 e. The standard InChI is InChI=1S/C57H63N7O14/c1-37-22-42-31-60-46-29-50(48(71-3)27-44(46)56(69)63(42)33-37)77-35-40-24-39(25-41(26-40)36-78-51-30-47-45(28-49(51)72-4)57(70)64-34-38(2)23-43(64)32-61-47)6-5-11-58-53(66)10-14-73-16-18-75-20-21-76-19-17-74-15-12-59-52(65)9-13-62-54(67)7-8-55(62)68/h7-8,24-32,42-43H,1-2,9-23,33-36H2,3-4H3,(H,58,66)(H,59,65)/t42-,43-/m0/s1. The van der Waals surface area contributed by atoms with E-state index in [9.17, 15) is 28.8 Å². The van der Waals surface area contributed by atoms with E-state index in [1.54, 1.807) is 46.5 Å². The number of nitrogens with zero attached hydrogens (tertiary/aromatic N) is 5. The van der Waals surface area contributed by atoms with Crippen LogP contribution >= 0.6 is 0 Å². The topological polar surface area (TPSA) is 235 Å². The molecule has 5 heterocycles. The van der Waals surface area contributed by atoms with Gasteiger partial charge in [0.15, 0.2) is 23.0 Å². The van der Waals surface area contributed by atoms with Crippen molar-refractivity contribution in [2.24, 2.45) is 9.98 Å². The van der Waals surface area contributed by atoms with Crippen LogP contribution in [-0.4, -0.2) is 174 Å². The number of rotatable bonds is 27. The zero-order valence-corrected chi connectivity index (χ0v) is 43.8. The van der Waals surface area contributed by atoms with Crippen molar-refractivity contribution in [1.82, 2.24) is 25.3 Å². The van der Waals surface area contributed by atoms with Crippen molar-refractivity contribution in [3.05, 3.63) is 107 Å². The van der Waals surface area contributed by atoms with Gasteiger partial charge in [0.05, 0.1) is 108 Å². The predicted molar refractivity (Wildman–Crippen MR) is 286 cm³/mol. The summed E-state index contributed by atoms with van der Waals surface area (Å²) < 4.78 is 46.2. The molecule has 8 rings (SSSR count). The predicted octanol–water partition coefficient (Wildman–Crippen LogP) is 4.19. The molecule has 0 saturated carbocycles. The van der Waals surface area contributed by atoms with E-state index in [0.717, 1.165) is 27.2 Å². The van der Waals surface area contributed by atoms with E-state index in [4.69, 9.17) is 37.9 Å². The van der Waals surface area contributed by atoms with E-state index in [-0.39, 0.29) is 94.6 Å². The lowest BCUT2D eigenvalue weighted by atomic mass is 10.1. The number of carbonyl (C=O) groups is 6. The molecule has 410 valence electrons. The van der Waals surface area contributed by atoms with Crippen LogP contribution in [0.15, 0.2) is 88.9 Å². The Morgan fingerprint density at radius 3 is 1.62 bits per heavy atom. The molecule has 2 fully saturated rings. The summed E-state index contributed by atoms with van der Waals surface area (Å²) in [5.74, 6) is 6.05. The Morgan fingerprint density at radius 1 is 0.615 bits per heavy atom. The normalized spacial score (nSPS) is 17.0. The smallest absolute Gasteiger partial charge is 0.257 e. The number of nitrogens with one attached hydrogen (secondary N) is 2. The maximum atomic E-state index is 13.6. The first-order chi connectivity index (χ1) is 37.9. The molecular formula is C57H63N7O14. The maximum absolute atomic E-state index is 13.6. The molecule has 21 heteroatoms. The highest BCUT2D eigenvalue weighted by molar-refractivity contribution is 6.13. The fourth-order valence-corrected chi connectivity index (χ4v) is 9.05. The lowest BCUT2D eigenvalue weighted by molar-refractivity contribution is -0.137. The van der Waals surface area contributed by atoms with Gasteiger partial charge >= 0.3 is 0 Å². The quantitative estimate of drug-likeness (QED) is 0.0472. The van der Waals surface area contributed by atoms with Crippen LogP contribution in [0, 0.1) is 11.8 Å². The lowest BCUT2D eigenvalue weighted by Gasteiger charge is -2.20. The first kappa shape index (κ1) is 56.1. The van der Waals surface area contributed by atoms with Crippen LogP contribution in [0.1, 0.15) is 63.1 Å². The molecule has 3 aromatic carbocycles. The van der Waals surface area contributed by atoms with E-state index in [1.165, 1.54) is 26.4 Å². The minimum atomic E-state index is -0.420. The summed E-state index contributed by atoms with van der Waals surface area (Å²) in [6.07, 6.45) is 7.37. The Hall–Kier alpha value is -8.16. The van der Waals surface area contributed by atoms with Gasteiger partial charge in [0, 0.05) is 81.3 Å². The van der Waals surface area contributed by atoms with Gasteiger partial charge in [0.1, 0.15) is 13.2 Å². The highest BCUT2D eigenvalue weighted by Gasteiger charge is 2.36. The molecule has 0 bridgehead atoms. The molecule has 2 atom stereocenters. The third kappa shape index (κ3) is 14.9. The number of fused-ring (bicyclic) bond motifs is 4. The molecule has 3 aromatic rings. The van der Waals surface area contributed by atoms with E-state index in [1.807, 2.05) is 18.2 Å². The van der Waals surface area contributed by atoms with Gasteiger partial charge in [0.2, 0.25) is 11.8 Å². The average molecular weight is 1070 g/mol. The molecule has 0 radical (unpaired) electrons. The van der Waals surface area contributed by atoms with Crippen LogP contribution in [0.3, 0.4) is 0 Å². The summed E-state index contributed by atoms with van der Waals surface area (Å²) in [5.41, 5.74) is 5.83. The molecule has 0 spiro atoms. The van der Waals surface area contributed by atoms with Crippen LogP contribution in [0.25, 0.3) is 0 Å². The third-order valence-electron chi connectivity index (χ3n) is 13.0. The monoisotopic (exact) mass is 1070 g/mol. The van der Waals surface area contributed by atoms with Crippen LogP contribution in [0.2, 0.25) is 0 Å². The van der Waals surface area contributed by atoms with Gasteiger partial charge in [-0.2, -0.15) is 0 Å². The van der Waals surface area contributed by atoms with Crippen molar-refractivity contribution >= 4 is 59.2 Å². The Bertz CT molecular complexity index is 2810. The van der Waals surface area contributed by atoms with Gasteiger partial charge in [0.25, 0.3) is 23.6 Å². The number of amides is 6. The second kappa shape index (κ2) is 27.2. The first-order valence-corrected chi connectivity index (χ1v) is 25.6. The van der Waals surface area contributed by atoms with Gasteiger partial charge in [-0.3, -0.25) is 43.7 Å². The summed E-state index contributed by atoms with van der Waals surface area (Å²) >= 11 is 0. The number of hydrogen-bond donors (Lipinski definition) is 2.